The van der Waals surface area contributed by atoms with Crippen molar-refractivity contribution < 1.29 is 0 Å². The van der Waals surface area contributed by atoms with Gasteiger partial charge in [-0.2, -0.15) is 0 Å². The Hall–Kier alpha value is -1.06. The second-order valence-corrected chi connectivity index (χ2v) is 5.68. The van der Waals surface area contributed by atoms with Crippen LogP contribution in [0.15, 0.2) is 24.3 Å². The molecule has 1 aliphatic heterocycles. The minimum absolute atomic E-state index is 0.589. The highest BCUT2D eigenvalue weighted by molar-refractivity contribution is 5.55. The minimum Gasteiger partial charge on any atom is -0.369 e. The van der Waals surface area contributed by atoms with E-state index < -0.39 is 0 Å². The lowest BCUT2D eigenvalue weighted by Crippen LogP contribution is -2.47. The number of para-hydroxylation sites is 1. The Morgan fingerprint density at radius 1 is 1.11 bits per heavy atom. The standard InChI is InChI=1S/C16H27N3/c1-14(2)15-6-3-4-7-16(15)19-12-10-18(11-13-19)9-5-8-17/h3-4,6-7,14H,5,8-13,17H2,1-2H3. The van der Waals surface area contributed by atoms with Crippen LogP contribution in [0.1, 0.15) is 31.7 Å². The van der Waals surface area contributed by atoms with Crippen LogP contribution in [0.2, 0.25) is 0 Å². The first-order valence-corrected chi connectivity index (χ1v) is 7.48. The normalized spacial score (nSPS) is 17.2. The van der Waals surface area contributed by atoms with E-state index in [0.29, 0.717) is 5.92 Å². The molecule has 2 rings (SSSR count). The average molecular weight is 261 g/mol. The number of nitrogens with two attached hydrogens (primary N) is 1. The van der Waals surface area contributed by atoms with E-state index in [1.54, 1.807) is 0 Å². The van der Waals surface area contributed by atoms with E-state index in [4.69, 9.17) is 5.73 Å². The fraction of sp³-hybridized carbons (Fsp3) is 0.625. The Bertz CT molecular complexity index is 381. The van der Waals surface area contributed by atoms with Gasteiger partial charge in [-0.3, -0.25) is 4.90 Å². The summed E-state index contributed by atoms with van der Waals surface area (Å²) in [6.45, 7) is 11.1. The van der Waals surface area contributed by atoms with Gasteiger partial charge in [-0.05, 0) is 37.1 Å². The maximum Gasteiger partial charge on any atom is 0.0402 e. The van der Waals surface area contributed by atoms with Crippen molar-refractivity contribution in [2.24, 2.45) is 5.73 Å². The third kappa shape index (κ3) is 3.71. The van der Waals surface area contributed by atoms with Crippen molar-refractivity contribution in [1.29, 1.82) is 0 Å². The molecule has 0 saturated carbocycles. The number of hydrogen-bond donors (Lipinski definition) is 1. The van der Waals surface area contributed by atoms with Gasteiger partial charge in [0, 0.05) is 31.9 Å². The second-order valence-electron chi connectivity index (χ2n) is 5.68. The zero-order valence-electron chi connectivity index (χ0n) is 12.3. The molecule has 0 aliphatic carbocycles. The second kappa shape index (κ2) is 6.92. The summed E-state index contributed by atoms with van der Waals surface area (Å²) in [4.78, 5) is 5.07. The summed E-state index contributed by atoms with van der Waals surface area (Å²) < 4.78 is 0. The van der Waals surface area contributed by atoms with Crippen LogP contribution in [0.25, 0.3) is 0 Å². The van der Waals surface area contributed by atoms with Gasteiger partial charge in [0.2, 0.25) is 0 Å². The molecule has 0 spiro atoms. The molecule has 3 heteroatoms. The highest BCUT2D eigenvalue weighted by Gasteiger charge is 2.19. The lowest BCUT2D eigenvalue weighted by molar-refractivity contribution is 0.256. The highest BCUT2D eigenvalue weighted by atomic mass is 15.3. The summed E-state index contributed by atoms with van der Waals surface area (Å²) in [6, 6.07) is 8.84. The van der Waals surface area contributed by atoms with Crippen molar-refractivity contribution >= 4 is 5.69 Å². The molecule has 0 bridgehead atoms. The van der Waals surface area contributed by atoms with Crippen LogP contribution in [-0.2, 0) is 0 Å². The van der Waals surface area contributed by atoms with Crippen molar-refractivity contribution in [2.45, 2.75) is 26.2 Å². The zero-order valence-corrected chi connectivity index (χ0v) is 12.3. The Balaban J connectivity index is 1.98. The molecule has 1 saturated heterocycles. The summed E-state index contributed by atoms with van der Waals surface area (Å²) in [5.74, 6) is 0.589. The molecule has 1 aromatic rings. The number of rotatable bonds is 5. The molecule has 19 heavy (non-hydrogen) atoms. The molecule has 1 aromatic carbocycles. The topological polar surface area (TPSA) is 32.5 Å². The van der Waals surface area contributed by atoms with Gasteiger partial charge in [-0.15, -0.1) is 0 Å². The van der Waals surface area contributed by atoms with Gasteiger partial charge < -0.3 is 10.6 Å². The third-order valence-corrected chi connectivity index (χ3v) is 3.95. The number of anilines is 1. The van der Waals surface area contributed by atoms with Crippen molar-refractivity contribution in [1.82, 2.24) is 4.90 Å². The molecule has 3 nitrogen and oxygen atoms in total. The molecular formula is C16H27N3. The van der Waals surface area contributed by atoms with Crippen molar-refractivity contribution in [3.63, 3.8) is 0 Å². The Morgan fingerprint density at radius 2 is 1.79 bits per heavy atom. The first-order chi connectivity index (χ1) is 9.22. The lowest BCUT2D eigenvalue weighted by Gasteiger charge is -2.37. The highest BCUT2D eigenvalue weighted by Crippen LogP contribution is 2.27. The largest absolute Gasteiger partial charge is 0.369 e. The molecule has 1 heterocycles. The van der Waals surface area contributed by atoms with Crippen LogP contribution in [0.3, 0.4) is 0 Å². The van der Waals surface area contributed by atoms with Gasteiger partial charge in [0.25, 0.3) is 0 Å². The van der Waals surface area contributed by atoms with E-state index in [9.17, 15) is 0 Å². The molecule has 0 aromatic heterocycles. The van der Waals surface area contributed by atoms with Gasteiger partial charge in [-0.1, -0.05) is 32.0 Å². The SMILES string of the molecule is CC(C)c1ccccc1N1CCN(CCCN)CC1. The van der Waals surface area contributed by atoms with Gasteiger partial charge in [0.05, 0.1) is 0 Å². The van der Waals surface area contributed by atoms with E-state index in [-0.39, 0.29) is 0 Å². The van der Waals surface area contributed by atoms with Crippen LogP contribution >= 0.6 is 0 Å². The first-order valence-electron chi connectivity index (χ1n) is 7.48. The molecule has 0 atom stereocenters. The van der Waals surface area contributed by atoms with Crippen molar-refractivity contribution in [2.75, 3.05) is 44.2 Å². The average Bonchev–Trinajstić information content (AvgIpc) is 2.45. The summed E-state index contributed by atoms with van der Waals surface area (Å²) in [5.41, 5.74) is 8.48. The summed E-state index contributed by atoms with van der Waals surface area (Å²) in [6.07, 6.45) is 1.11. The van der Waals surface area contributed by atoms with Crippen molar-refractivity contribution in [3.8, 4) is 0 Å². The van der Waals surface area contributed by atoms with Crippen LogP contribution in [-0.4, -0.2) is 44.2 Å². The van der Waals surface area contributed by atoms with Gasteiger partial charge in [0.1, 0.15) is 0 Å². The van der Waals surface area contributed by atoms with E-state index in [2.05, 4.69) is 47.9 Å². The molecule has 1 fully saturated rings. The van der Waals surface area contributed by atoms with Crippen LogP contribution < -0.4 is 10.6 Å². The molecule has 1 aliphatic rings. The Kier molecular flexibility index (Phi) is 5.23. The lowest BCUT2D eigenvalue weighted by atomic mass is 10.00. The van der Waals surface area contributed by atoms with Gasteiger partial charge >= 0.3 is 0 Å². The number of hydrogen-bond acceptors (Lipinski definition) is 3. The summed E-state index contributed by atoms with van der Waals surface area (Å²) >= 11 is 0. The smallest absolute Gasteiger partial charge is 0.0402 e. The molecule has 0 radical (unpaired) electrons. The molecule has 0 unspecified atom stereocenters. The maximum atomic E-state index is 5.58. The third-order valence-electron chi connectivity index (χ3n) is 3.95. The maximum absolute atomic E-state index is 5.58. The number of benzene rings is 1. The van der Waals surface area contributed by atoms with E-state index in [1.807, 2.05) is 0 Å². The van der Waals surface area contributed by atoms with Crippen LogP contribution in [0.5, 0.6) is 0 Å². The molecular weight excluding hydrogens is 234 g/mol. The number of nitrogens with zero attached hydrogens (tertiary/aromatic N) is 2. The van der Waals surface area contributed by atoms with E-state index in [0.717, 1.165) is 45.7 Å². The van der Waals surface area contributed by atoms with E-state index >= 15 is 0 Å². The first kappa shape index (κ1) is 14.4. The number of piperazine rings is 1. The Labute approximate surface area is 117 Å². The fourth-order valence-electron chi connectivity index (χ4n) is 2.79. The zero-order chi connectivity index (χ0) is 13.7. The summed E-state index contributed by atoms with van der Waals surface area (Å²) in [5, 5.41) is 0. The van der Waals surface area contributed by atoms with Gasteiger partial charge in [0.15, 0.2) is 0 Å². The molecule has 2 N–H and O–H groups in total. The van der Waals surface area contributed by atoms with E-state index in [1.165, 1.54) is 11.3 Å². The van der Waals surface area contributed by atoms with Crippen LogP contribution in [0.4, 0.5) is 5.69 Å². The Morgan fingerprint density at radius 3 is 2.42 bits per heavy atom. The monoisotopic (exact) mass is 261 g/mol. The fourth-order valence-corrected chi connectivity index (χ4v) is 2.79. The van der Waals surface area contributed by atoms with Crippen molar-refractivity contribution in [3.05, 3.63) is 29.8 Å². The summed E-state index contributed by atoms with van der Waals surface area (Å²) in [7, 11) is 0. The van der Waals surface area contributed by atoms with Gasteiger partial charge in [-0.25, -0.2) is 0 Å². The molecule has 106 valence electrons. The quantitative estimate of drug-likeness (QED) is 0.882. The minimum atomic E-state index is 0.589. The van der Waals surface area contributed by atoms with Crippen LogP contribution in [0, 0.1) is 0 Å². The predicted molar refractivity (Wildman–Crippen MR) is 82.9 cm³/mol. The predicted octanol–water partition coefficient (Wildman–Crippen LogP) is 2.28. The molecule has 0 amide bonds.